The molecule has 2 aromatic rings. The van der Waals surface area contributed by atoms with Crippen LogP contribution in [0.1, 0.15) is 25.8 Å². The molecule has 6 nitrogen and oxygen atoms in total. The number of hydrogen-bond acceptors (Lipinski definition) is 4. The number of rotatable bonds is 9. The van der Waals surface area contributed by atoms with Crippen molar-refractivity contribution in [3.63, 3.8) is 0 Å². The number of halogens is 3. The van der Waals surface area contributed by atoms with E-state index in [9.17, 15) is 18.0 Å². The number of nitrogens with zero attached hydrogens (tertiary/aromatic N) is 2. The minimum Gasteiger partial charge on any atom is -0.490 e. The molecule has 0 saturated heterocycles. The normalized spacial score (nSPS) is 11.1. The van der Waals surface area contributed by atoms with Gasteiger partial charge in [0, 0.05) is 31.9 Å². The fourth-order valence-electron chi connectivity index (χ4n) is 2.45. The SMILES string of the molecule is CCOc1ccccc1Oc1ccc(CNC(=O)N(CC)CCC(F)(F)F)cn1. The van der Waals surface area contributed by atoms with Crippen molar-refractivity contribution < 1.29 is 27.4 Å². The van der Waals surface area contributed by atoms with E-state index in [1.165, 1.54) is 6.20 Å². The van der Waals surface area contributed by atoms with Crippen molar-refractivity contribution in [2.45, 2.75) is 33.0 Å². The fourth-order valence-corrected chi connectivity index (χ4v) is 2.45. The number of hydrogen-bond donors (Lipinski definition) is 1. The van der Waals surface area contributed by atoms with Gasteiger partial charge in [-0.3, -0.25) is 0 Å². The Labute approximate surface area is 167 Å². The molecule has 0 unspecified atom stereocenters. The highest BCUT2D eigenvalue weighted by Gasteiger charge is 2.28. The highest BCUT2D eigenvalue weighted by molar-refractivity contribution is 5.74. The Balaban J connectivity index is 1.89. The number of amides is 2. The first-order chi connectivity index (χ1) is 13.8. The summed E-state index contributed by atoms with van der Waals surface area (Å²) in [6.45, 7) is 3.96. The van der Waals surface area contributed by atoms with Crippen LogP contribution in [0.3, 0.4) is 0 Å². The first-order valence-corrected chi connectivity index (χ1v) is 9.26. The van der Waals surface area contributed by atoms with Gasteiger partial charge in [0.1, 0.15) is 0 Å². The Kier molecular flexibility index (Phi) is 8.11. The zero-order chi connectivity index (χ0) is 21.3. The molecular formula is C20H24F3N3O3. The zero-order valence-electron chi connectivity index (χ0n) is 16.3. The van der Waals surface area contributed by atoms with Gasteiger partial charge >= 0.3 is 12.2 Å². The number of alkyl halides is 3. The van der Waals surface area contributed by atoms with Gasteiger partial charge in [0.05, 0.1) is 13.0 Å². The summed E-state index contributed by atoms with van der Waals surface area (Å²) >= 11 is 0. The summed E-state index contributed by atoms with van der Waals surface area (Å²) in [6.07, 6.45) is -3.80. The molecule has 1 aromatic carbocycles. The number of benzene rings is 1. The number of carbonyl (C=O) groups excluding carboxylic acids is 1. The van der Waals surface area contributed by atoms with Crippen LogP contribution in [0.25, 0.3) is 0 Å². The van der Waals surface area contributed by atoms with Crippen LogP contribution in [0, 0.1) is 0 Å². The summed E-state index contributed by atoms with van der Waals surface area (Å²) < 4.78 is 48.2. The summed E-state index contributed by atoms with van der Waals surface area (Å²) in [4.78, 5) is 17.4. The molecule has 158 valence electrons. The molecule has 1 N–H and O–H groups in total. The molecule has 0 saturated carbocycles. The lowest BCUT2D eigenvalue weighted by molar-refractivity contribution is -0.136. The van der Waals surface area contributed by atoms with Crippen molar-refractivity contribution in [1.29, 1.82) is 0 Å². The molecule has 0 aliphatic carbocycles. The molecule has 1 heterocycles. The third kappa shape index (κ3) is 7.52. The van der Waals surface area contributed by atoms with E-state index in [-0.39, 0.29) is 19.6 Å². The maximum Gasteiger partial charge on any atom is 0.390 e. The van der Waals surface area contributed by atoms with E-state index < -0.39 is 18.6 Å². The maximum absolute atomic E-state index is 12.3. The van der Waals surface area contributed by atoms with Gasteiger partial charge in [-0.2, -0.15) is 13.2 Å². The molecule has 9 heteroatoms. The van der Waals surface area contributed by atoms with Crippen molar-refractivity contribution in [3.05, 3.63) is 48.2 Å². The third-order valence-corrected chi connectivity index (χ3v) is 3.94. The van der Waals surface area contributed by atoms with Gasteiger partial charge in [0.25, 0.3) is 0 Å². The summed E-state index contributed by atoms with van der Waals surface area (Å²) in [5.41, 5.74) is 0.690. The summed E-state index contributed by atoms with van der Waals surface area (Å²) in [5, 5.41) is 2.60. The Hall–Kier alpha value is -2.97. The van der Waals surface area contributed by atoms with Gasteiger partial charge in [0.15, 0.2) is 11.5 Å². The molecular weight excluding hydrogens is 387 g/mol. The monoisotopic (exact) mass is 411 g/mol. The van der Waals surface area contributed by atoms with Crippen LogP contribution < -0.4 is 14.8 Å². The number of aromatic nitrogens is 1. The van der Waals surface area contributed by atoms with E-state index in [1.54, 1.807) is 31.2 Å². The molecule has 0 bridgehead atoms. The highest BCUT2D eigenvalue weighted by atomic mass is 19.4. The van der Waals surface area contributed by atoms with Crippen molar-refractivity contribution in [2.24, 2.45) is 0 Å². The van der Waals surface area contributed by atoms with Gasteiger partial charge in [-0.15, -0.1) is 0 Å². The topological polar surface area (TPSA) is 63.7 Å². The van der Waals surface area contributed by atoms with Crippen molar-refractivity contribution in [1.82, 2.24) is 15.2 Å². The van der Waals surface area contributed by atoms with E-state index >= 15 is 0 Å². The van der Waals surface area contributed by atoms with Crippen LogP contribution in [-0.2, 0) is 6.54 Å². The van der Waals surface area contributed by atoms with Gasteiger partial charge in [-0.05, 0) is 31.5 Å². The number of urea groups is 1. The Morgan fingerprint density at radius 2 is 1.86 bits per heavy atom. The molecule has 0 aliphatic rings. The molecule has 0 fully saturated rings. The largest absolute Gasteiger partial charge is 0.490 e. The molecule has 0 radical (unpaired) electrons. The van der Waals surface area contributed by atoms with E-state index in [0.29, 0.717) is 29.5 Å². The molecule has 2 rings (SSSR count). The molecule has 1 aromatic heterocycles. The van der Waals surface area contributed by atoms with Gasteiger partial charge in [-0.1, -0.05) is 18.2 Å². The van der Waals surface area contributed by atoms with Crippen LogP contribution in [0.2, 0.25) is 0 Å². The first-order valence-electron chi connectivity index (χ1n) is 9.26. The number of nitrogens with one attached hydrogen (secondary N) is 1. The van der Waals surface area contributed by atoms with Crippen LogP contribution >= 0.6 is 0 Å². The maximum atomic E-state index is 12.3. The van der Waals surface area contributed by atoms with E-state index in [0.717, 1.165) is 4.90 Å². The van der Waals surface area contributed by atoms with Crippen molar-refractivity contribution in [2.75, 3.05) is 19.7 Å². The quantitative estimate of drug-likeness (QED) is 0.646. The Morgan fingerprint density at radius 1 is 1.14 bits per heavy atom. The Bertz CT molecular complexity index is 783. The second-order valence-corrected chi connectivity index (χ2v) is 6.09. The predicted octanol–water partition coefficient (Wildman–Crippen LogP) is 4.76. The lowest BCUT2D eigenvalue weighted by Crippen LogP contribution is -2.41. The number of ether oxygens (including phenoxy) is 2. The van der Waals surface area contributed by atoms with Crippen LogP contribution in [0.15, 0.2) is 42.6 Å². The van der Waals surface area contributed by atoms with E-state index in [1.807, 2.05) is 19.1 Å². The number of pyridine rings is 1. The van der Waals surface area contributed by atoms with Crippen LogP contribution in [-0.4, -0.2) is 41.8 Å². The number of para-hydroxylation sites is 2. The van der Waals surface area contributed by atoms with Crippen molar-refractivity contribution in [3.8, 4) is 17.4 Å². The minimum atomic E-state index is -4.30. The fraction of sp³-hybridized carbons (Fsp3) is 0.400. The lowest BCUT2D eigenvalue weighted by Gasteiger charge is -2.22. The van der Waals surface area contributed by atoms with Gasteiger partial charge < -0.3 is 19.7 Å². The molecule has 0 atom stereocenters. The smallest absolute Gasteiger partial charge is 0.390 e. The second-order valence-electron chi connectivity index (χ2n) is 6.09. The molecule has 2 amide bonds. The second kappa shape index (κ2) is 10.5. The van der Waals surface area contributed by atoms with Crippen LogP contribution in [0.5, 0.6) is 17.4 Å². The third-order valence-electron chi connectivity index (χ3n) is 3.94. The van der Waals surface area contributed by atoms with Gasteiger partial charge in [0.2, 0.25) is 5.88 Å². The van der Waals surface area contributed by atoms with Crippen molar-refractivity contribution >= 4 is 6.03 Å². The standard InChI is InChI=1S/C20H24F3N3O3/c1-3-26(12-11-20(21,22)23)19(27)25-14-15-9-10-18(24-13-15)29-17-8-6-5-7-16(17)28-4-2/h5-10,13H,3-4,11-12,14H2,1-2H3,(H,25,27). The van der Waals surface area contributed by atoms with E-state index in [4.69, 9.17) is 9.47 Å². The predicted molar refractivity (Wildman–Crippen MR) is 102 cm³/mol. The highest BCUT2D eigenvalue weighted by Crippen LogP contribution is 2.30. The Morgan fingerprint density at radius 3 is 2.45 bits per heavy atom. The summed E-state index contributed by atoms with van der Waals surface area (Å²) in [7, 11) is 0. The van der Waals surface area contributed by atoms with Crippen LogP contribution in [0.4, 0.5) is 18.0 Å². The number of carbonyl (C=O) groups is 1. The van der Waals surface area contributed by atoms with Gasteiger partial charge in [-0.25, -0.2) is 9.78 Å². The minimum absolute atomic E-state index is 0.143. The summed E-state index contributed by atoms with van der Waals surface area (Å²) in [5.74, 6) is 1.49. The molecule has 0 aliphatic heterocycles. The zero-order valence-corrected chi connectivity index (χ0v) is 16.3. The lowest BCUT2D eigenvalue weighted by atomic mass is 10.3. The average Bonchev–Trinajstić information content (AvgIpc) is 2.69. The average molecular weight is 411 g/mol. The molecule has 29 heavy (non-hydrogen) atoms. The van der Waals surface area contributed by atoms with E-state index in [2.05, 4.69) is 10.3 Å². The first kappa shape index (κ1) is 22.3. The molecule has 0 spiro atoms. The summed E-state index contributed by atoms with van der Waals surface area (Å²) in [6, 6.07) is 10.0.